The molecule has 3 rings (SSSR count). The zero-order valence-corrected chi connectivity index (χ0v) is 12.8. The van der Waals surface area contributed by atoms with Gasteiger partial charge >= 0.3 is 0 Å². The van der Waals surface area contributed by atoms with E-state index in [1.54, 1.807) is 6.20 Å². The molecule has 1 atom stereocenters. The topological polar surface area (TPSA) is 103 Å². The summed E-state index contributed by atoms with van der Waals surface area (Å²) in [5.74, 6) is 0. The van der Waals surface area contributed by atoms with Crippen molar-refractivity contribution in [2.24, 2.45) is 5.14 Å². The van der Waals surface area contributed by atoms with E-state index in [2.05, 4.69) is 10.1 Å². The summed E-state index contributed by atoms with van der Waals surface area (Å²) < 4.78 is 30.2. The Balaban J connectivity index is 1.69. The fraction of sp³-hybridized carbons (Fsp3) is 0.455. The van der Waals surface area contributed by atoms with Crippen LogP contribution in [0.1, 0.15) is 0 Å². The summed E-state index contributed by atoms with van der Waals surface area (Å²) in [6.45, 7) is 2.53. The Hall–Kier alpha value is -1.49. The van der Waals surface area contributed by atoms with Gasteiger partial charge in [-0.2, -0.15) is 5.10 Å². The molecule has 0 aliphatic carbocycles. The molecular formula is C11H15N5O3S2. The maximum atomic E-state index is 11.3. The molecule has 1 aliphatic heterocycles. The molecule has 0 radical (unpaired) electrons. The Morgan fingerprint density at radius 1 is 1.52 bits per heavy atom. The first-order valence-corrected chi connectivity index (χ1v) is 8.71. The van der Waals surface area contributed by atoms with Gasteiger partial charge in [0, 0.05) is 25.5 Å². The van der Waals surface area contributed by atoms with Crippen LogP contribution in [0.4, 0.5) is 5.13 Å². The molecule has 0 spiro atoms. The molecule has 1 unspecified atom stereocenters. The van der Waals surface area contributed by atoms with Crippen molar-refractivity contribution in [2.75, 3.05) is 24.6 Å². The lowest BCUT2D eigenvalue weighted by molar-refractivity contribution is 0.0274. The number of aromatic nitrogens is 3. The fourth-order valence-corrected chi connectivity index (χ4v) is 3.72. The van der Waals surface area contributed by atoms with Gasteiger partial charge in [-0.1, -0.05) is 11.3 Å². The largest absolute Gasteiger partial charge is 0.373 e. The van der Waals surface area contributed by atoms with Gasteiger partial charge < -0.3 is 9.64 Å². The summed E-state index contributed by atoms with van der Waals surface area (Å²) in [6, 6.07) is 1.86. The van der Waals surface area contributed by atoms with E-state index in [0.717, 1.165) is 11.3 Å². The molecule has 21 heavy (non-hydrogen) atoms. The van der Waals surface area contributed by atoms with Crippen molar-refractivity contribution in [1.29, 1.82) is 0 Å². The molecule has 1 saturated heterocycles. The third kappa shape index (κ3) is 3.40. The van der Waals surface area contributed by atoms with Crippen LogP contribution in [0.5, 0.6) is 0 Å². The van der Waals surface area contributed by atoms with E-state index >= 15 is 0 Å². The zero-order valence-electron chi connectivity index (χ0n) is 11.1. The average Bonchev–Trinajstić information content (AvgIpc) is 3.09. The van der Waals surface area contributed by atoms with Crippen molar-refractivity contribution in [2.45, 2.75) is 16.9 Å². The molecule has 0 bridgehead atoms. The lowest BCUT2D eigenvalue weighted by Crippen LogP contribution is -2.44. The fourth-order valence-electron chi connectivity index (χ4n) is 2.15. The number of primary sulfonamides is 1. The van der Waals surface area contributed by atoms with Crippen LogP contribution in [-0.2, 0) is 21.3 Å². The molecule has 1 fully saturated rings. The SMILES string of the molecule is NS(=O)(=O)c1cnc(N2CCOC(Cn3cccn3)C2)s1. The van der Waals surface area contributed by atoms with Crippen LogP contribution in [0.15, 0.2) is 28.9 Å². The van der Waals surface area contributed by atoms with E-state index < -0.39 is 10.0 Å². The minimum absolute atomic E-state index is 0.0134. The Morgan fingerprint density at radius 2 is 2.38 bits per heavy atom. The number of ether oxygens (including phenoxy) is 1. The third-order valence-corrected chi connectivity index (χ3v) is 5.58. The summed E-state index contributed by atoms with van der Waals surface area (Å²) >= 11 is 1.08. The van der Waals surface area contributed by atoms with Gasteiger partial charge in [-0.05, 0) is 6.07 Å². The number of thiazole rings is 1. The van der Waals surface area contributed by atoms with Crippen LogP contribution in [0.25, 0.3) is 0 Å². The number of sulfonamides is 1. The normalized spacial score (nSPS) is 19.9. The number of nitrogens with two attached hydrogens (primary N) is 1. The summed E-state index contributed by atoms with van der Waals surface area (Å²) in [5.41, 5.74) is 0. The smallest absolute Gasteiger partial charge is 0.249 e. The lowest BCUT2D eigenvalue weighted by Gasteiger charge is -2.32. The second-order valence-corrected chi connectivity index (χ2v) is 7.47. The van der Waals surface area contributed by atoms with Crippen molar-refractivity contribution < 1.29 is 13.2 Å². The maximum Gasteiger partial charge on any atom is 0.249 e. The number of hydrogen-bond acceptors (Lipinski definition) is 7. The van der Waals surface area contributed by atoms with Gasteiger partial charge in [0.2, 0.25) is 10.0 Å². The number of morpholine rings is 1. The minimum Gasteiger partial charge on any atom is -0.373 e. The Morgan fingerprint density at radius 3 is 3.05 bits per heavy atom. The molecule has 10 heteroatoms. The van der Waals surface area contributed by atoms with Gasteiger partial charge in [0.15, 0.2) is 9.34 Å². The van der Waals surface area contributed by atoms with E-state index in [9.17, 15) is 8.42 Å². The summed E-state index contributed by atoms with van der Waals surface area (Å²) in [5, 5.41) is 9.91. The molecule has 2 aromatic heterocycles. The number of nitrogens with zero attached hydrogens (tertiary/aromatic N) is 4. The Bertz CT molecular complexity index is 697. The highest BCUT2D eigenvalue weighted by atomic mass is 32.2. The quantitative estimate of drug-likeness (QED) is 0.839. The van der Waals surface area contributed by atoms with Crippen molar-refractivity contribution >= 4 is 26.5 Å². The Kier molecular flexibility index (Phi) is 3.93. The first kappa shape index (κ1) is 14.4. The van der Waals surface area contributed by atoms with E-state index in [1.165, 1.54) is 6.20 Å². The van der Waals surface area contributed by atoms with Gasteiger partial charge in [0.1, 0.15) is 0 Å². The van der Waals surface area contributed by atoms with Gasteiger partial charge in [0.25, 0.3) is 0 Å². The maximum absolute atomic E-state index is 11.3. The molecule has 3 heterocycles. The van der Waals surface area contributed by atoms with Crippen molar-refractivity contribution in [3.05, 3.63) is 24.7 Å². The van der Waals surface area contributed by atoms with Crippen molar-refractivity contribution in [3.63, 3.8) is 0 Å². The molecule has 2 aromatic rings. The molecule has 2 N–H and O–H groups in total. The predicted molar refractivity (Wildman–Crippen MR) is 77.7 cm³/mol. The van der Waals surface area contributed by atoms with Crippen molar-refractivity contribution in [3.8, 4) is 0 Å². The van der Waals surface area contributed by atoms with E-state index in [-0.39, 0.29) is 10.3 Å². The molecule has 0 aromatic carbocycles. The second kappa shape index (κ2) is 5.72. The van der Waals surface area contributed by atoms with Crippen LogP contribution in [0.3, 0.4) is 0 Å². The van der Waals surface area contributed by atoms with Crippen LogP contribution >= 0.6 is 11.3 Å². The molecule has 8 nitrogen and oxygen atoms in total. The first-order chi connectivity index (χ1) is 10.0. The summed E-state index contributed by atoms with van der Waals surface area (Å²) in [6.07, 6.45) is 4.89. The van der Waals surface area contributed by atoms with Crippen LogP contribution in [0, 0.1) is 0 Å². The van der Waals surface area contributed by atoms with Crippen LogP contribution in [-0.4, -0.2) is 49.0 Å². The highest BCUT2D eigenvalue weighted by Crippen LogP contribution is 2.26. The monoisotopic (exact) mass is 329 g/mol. The third-order valence-electron chi connectivity index (χ3n) is 3.11. The zero-order chi connectivity index (χ0) is 14.9. The predicted octanol–water partition coefficient (Wildman–Crippen LogP) is -0.108. The number of hydrogen-bond donors (Lipinski definition) is 1. The average molecular weight is 329 g/mol. The first-order valence-electron chi connectivity index (χ1n) is 6.35. The molecular weight excluding hydrogens is 314 g/mol. The minimum atomic E-state index is -3.69. The Labute approximate surface area is 126 Å². The van der Waals surface area contributed by atoms with Gasteiger partial charge in [0.05, 0.1) is 25.5 Å². The standard InChI is InChI=1S/C11H15N5O3S2/c12-21(17,18)10-6-13-11(20-10)15-4-5-19-9(7-15)8-16-3-1-2-14-16/h1-3,6,9H,4-5,7-8H2,(H2,12,17,18). The van der Waals surface area contributed by atoms with Gasteiger partial charge in [-0.25, -0.2) is 18.5 Å². The summed E-state index contributed by atoms with van der Waals surface area (Å²) in [4.78, 5) is 6.16. The molecule has 1 aliphatic rings. The van der Waals surface area contributed by atoms with Crippen LogP contribution in [0.2, 0.25) is 0 Å². The molecule has 0 saturated carbocycles. The van der Waals surface area contributed by atoms with E-state index in [1.807, 2.05) is 21.8 Å². The second-order valence-electron chi connectivity index (χ2n) is 4.67. The molecule has 0 amide bonds. The molecule has 114 valence electrons. The van der Waals surface area contributed by atoms with E-state index in [0.29, 0.717) is 31.4 Å². The van der Waals surface area contributed by atoms with E-state index in [4.69, 9.17) is 9.88 Å². The lowest BCUT2D eigenvalue weighted by atomic mass is 10.3. The summed E-state index contributed by atoms with van der Waals surface area (Å²) in [7, 11) is -3.69. The highest BCUT2D eigenvalue weighted by molar-refractivity contribution is 7.91. The van der Waals surface area contributed by atoms with Gasteiger partial charge in [-0.3, -0.25) is 4.68 Å². The van der Waals surface area contributed by atoms with Crippen LogP contribution < -0.4 is 10.0 Å². The number of rotatable bonds is 4. The highest BCUT2D eigenvalue weighted by Gasteiger charge is 2.24. The number of anilines is 1. The van der Waals surface area contributed by atoms with Gasteiger partial charge in [-0.15, -0.1) is 0 Å². The van der Waals surface area contributed by atoms with Crippen molar-refractivity contribution in [1.82, 2.24) is 14.8 Å².